The highest BCUT2D eigenvalue weighted by atomic mass is 16.4. The first kappa shape index (κ1) is 11.3. The van der Waals surface area contributed by atoms with Gasteiger partial charge < -0.3 is 10.1 Å². The quantitative estimate of drug-likeness (QED) is 0.640. The fourth-order valence-electron chi connectivity index (χ4n) is 2.76. The average Bonchev–Trinajstić information content (AvgIpc) is 3.16. The van der Waals surface area contributed by atoms with Crippen molar-refractivity contribution in [2.45, 2.75) is 25.8 Å². The zero-order valence-corrected chi connectivity index (χ0v) is 10.3. The van der Waals surface area contributed by atoms with Gasteiger partial charge in [-0.2, -0.15) is 0 Å². The van der Waals surface area contributed by atoms with Crippen molar-refractivity contribution < 1.29 is 10.0 Å². The van der Waals surface area contributed by atoms with Crippen molar-refractivity contribution in [2.75, 3.05) is 6.54 Å². The van der Waals surface area contributed by atoms with Gasteiger partial charge in [0, 0.05) is 0 Å². The Bertz CT molecular complexity index is 506. The third kappa shape index (κ3) is 1.45. The molecule has 4 heteroatoms. The third-order valence-corrected chi connectivity index (χ3v) is 4.16. The van der Waals surface area contributed by atoms with E-state index in [1.165, 1.54) is 0 Å². The smallest absolute Gasteiger partial charge is 0.235 e. The first-order chi connectivity index (χ1) is 8.69. The molecule has 2 aliphatic rings. The lowest BCUT2D eigenvalue weighted by Gasteiger charge is -2.24. The number of nitrogens with zero attached hydrogens (tertiary/aromatic N) is 2. The average molecular weight is 244 g/mol. The molecule has 0 radical (unpaired) electrons. The van der Waals surface area contributed by atoms with Crippen LogP contribution in [0.5, 0.6) is 0 Å². The second kappa shape index (κ2) is 3.83. The number of hydrogen-bond acceptors (Lipinski definition) is 3. The molecule has 1 aromatic rings. The largest absolute Gasteiger partial charge is 0.411 e. The van der Waals surface area contributed by atoms with E-state index in [4.69, 9.17) is 5.21 Å². The minimum atomic E-state index is -0.461. The van der Waals surface area contributed by atoms with Crippen LogP contribution in [-0.2, 0) is 4.79 Å². The van der Waals surface area contributed by atoms with Gasteiger partial charge in [-0.15, -0.1) is 0 Å². The Balaban J connectivity index is 1.89. The number of likely N-dealkylation sites (tertiary alicyclic amines) is 1. The summed E-state index contributed by atoms with van der Waals surface area (Å²) in [5.41, 5.74) is 1.29. The molecular formula is C14H16N2O2. The van der Waals surface area contributed by atoms with Gasteiger partial charge in [-0.3, -0.25) is 4.79 Å². The molecule has 1 aliphatic carbocycles. The molecule has 3 rings (SSSR count). The van der Waals surface area contributed by atoms with E-state index in [2.05, 4.69) is 5.16 Å². The summed E-state index contributed by atoms with van der Waals surface area (Å²) in [5.74, 6) is 0.117. The van der Waals surface area contributed by atoms with Gasteiger partial charge in [0.1, 0.15) is 0 Å². The van der Waals surface area contributed by atoms with Gasteiger partial charge in [0.15, 0.2) is 0 Å². The molecule has 1 aromatic carbocycles. The van der Waals surface area contributed by atoms with Crippen LogP contribution in [0.1, 0.15) is 31.4 Å². The molecule has 1 amide bonds. The Morgan fingerprint density at radius 1 is 1.33 bits per heavy atom. The minimum Gasteiger partial charge on any atom is -0.411 e. The summed E-state index contributed by atoms with van der Waals surface area (Å²) in [6.45, 7) is 2.47. The molecule has 18 heavy (non-hydrogen) atoms. The van der Waals surface area contributed by atoms with Crippen LogP contribution < -0.4 is 0 Å². The molecule has 1 saturated carbocycles. The van der Waals surface area contributed by atoms with E-state index < -0.39 is 5.41 Å². The molecule has 1 unspecified atom stereocenters. The molecule has 1 spiro atoms. The molecule has 1 aliphatic heterocycles. The van der Waals surface area contributed by atoms with E-state index >= 15 is 0 Å². The Labute approximate surface area is 106 Å². The molecule has 0 aromatic heterocycles. The maximum Gasteiger partial charge on any atom is 0.235 e. The highest BCUT2D eigenvalue weighted by Crippen LogP contribution is 2.53. The number of carbonyl (C=O) groups is 1. The summed E-state index contributed by atoms with van der Waals surface area (Å²) in [7, 11) is 0. The number of hydrogen-bond donors (Lipinski definition) is 1. The fraction of sp³-hybridized carbons (Fsp3) is 0.429. The molecule has 94 valence electrons. The van der Waals surface area contributed by atoms with Crippen molar-refractivity contribution >= 4 is 11.6 Å². The lowest BCUT2D eigenvalue weighted by Crippen LogP contribution is -2.30. The van der Waals surface area contributed by atoms with Gasteiger partial charge in [0.05, 0.1) is 23.7 Å². The number of oxime groups is 1. The van der Waals surface area contributed by atoms with Gasteiger partial charge in [0.25, 0.3) is 0 Å². The fourth-order valence-corrected chi connectivity index (χ4v) is 2.76. The van der Waals surface area contributed by atoms with E-state index in [1.807, 2.05) is 42.2 Å². The summed E-state index contributed by atoms with van der Waals surface area (Å²) in [6, 6.07) is 9.97. The lowest BCUT2D eigenvalue weighted by atomic mass is 10.0. The van der Waals surface area contributed by atoms with Crippen LogP contribution >= 0.6 is 0 Å². The number of rotatable bonds is 2. The summed E-state index contributed by atoms with van der Waals surface area (Å²) in [6.07, 6.45) is 1.65. The summed E-state index contributed by atoms with van der Waals surface area (Å²) < 4.78 is 0. The molecule has 1 saturated heterocycles. The summed E-state index contributed by atoms with van der Waals surface area (Å²) in [5, 5.41) is 12.4. The maximum atomic E-state index is 12.4. The molecular weight excluding hydrogens is 228 g/mol. The predicted octanol–water partition coefficient (Wildman–Crippen LogP) is 2.20. The van der Waals surface area contributed by atoms with Gasteiger partial charge in [0.2, 0.25) is 5.91 Å². The van der Waals surface area contributed by atoms with Gasteiger partial charge in [-0.1, -0.05) is 35.5 Å². The second-order valence-corrected chi connectivity index (χ2v) is 5.15. The Hall–Kier alpha value is -1.84. The monoisotopic (exact) mass is 244 g/mol. The van der Waals surface area contributed by atoms with Crippen molar-refractivity contribution in [1.29, 1.82) is 0 Å². The van der Waals surface area contributed by atoms with E-state index in [0.717, 1.165) is 18.4 Å². The Kier molecular flexibility index (Phi) is 2.40. The maximum absolute atomic E-state index is 12.4. The van der Waals surface area contributed by atoms with Crippen LogP contribution in [0.2, 0.25) is 0 Å². The van der Waals surface area contributed by atoms with Gasteiger partial charge in [-0.05, 0) is 25.3 Å². The standard InChI is InChI=1S/C14H16N2O2/c1-10(11-5-3-2-4-6-11)16-9-12(15-18)14(7-8-14)13(16)17/h2-6,10,18H,7-9H2,1H3. The molecule has 0 bridgehead atoms. The topological polar surface area (TPSA) is 52.9 Å². The van der Waals surface area contributed by atoms with Crippen LogP contribution in [0.25, 0.3) is 0 Å². The lowest BCUT2D eigenvalue weighted by molar-refractivity contribution is -0.133. The first-order valence-corrected chi connectivity index (χ1v) is 6.26. The Morgan fingerprint density at radius 2 is 2.00 bits per heavy atom. The Morgan fingerprint density at radius 3 is 2.50 bits per heavy atom. The first-order valence-electron chi connectivity index (χ1n) is 6.26. The highest BCUT2D eigenvalue weighted by molar-refractivity contribution is 6.17. The highest BCUT2D eigenvalue weighted by Gasteiger charge is 2.61. The van der Waals surface area contributed by atoms with Crippen LogP contribution in [0, 0.1) is 5.41 Å². The van der Waals surface area contributed by atoms with E-state index in [0.29, 0.717) is 12.3 Å². The van der Waals surface area contributed by atoms with Crippen LogP contribution in [0.15, 0.2) is 35.5 Å². The second-order valence-electron chi connectivity index (χ2n) is 5.15. The number of amides is 1. The predicted molar refractivity (Wildman–Crippen MR) is 67.5 cm³/mol. The van der Waals surface area contributed by atoms with E-state index in [1.54, 1.807) is 0 Å². The van der Waals surface area contributed by atoms with Crippen molar-refractivity contribution in [3.05, 3.63) is 35.9 Å². The third-order valence-electron chi connectivity index (χ3n) is 4.16. The molecule has 1 atom stereocenters. The number of benzene rings is 1. The number of carbonyl (C=O) groups excluding carboxylic acids is 1. The molecule has 1 heterocycles. The molecule has 2 fully saturated rings. The molecule has 1 N–H and O–H groups in total. The van der Waals surface area contributed by atoms with Crippen LogP contribution in [-0.4, -0.2) is 28.3 Å². The van der Waals surface area contributed by atoms with Crippen molar-refractivity contribution in [3.63, 3.8) is 0 Å². The van der Waals surface area contributed by atoms with Crippen molar-refractivity contribution in [1.82, 2.24) is 4.90 Å². The van der Waals surface area contributed by atoms with Crippen LogP contribution in [0.3, 0.4) is 0 Å². The van der Waals surface area contributed by atoms with Crippen molar-refractivity contribution in [2.24, 2.45) is 10.6 Å². The normalized spacial score (nSPS) is 24.8. The van der Waals surface area contributed by atoms with Gasteiger partial charge in [-0.25, -0.2) is 0 Å². The van der Waals surface area contributed by atoms with Crippen molar-refractivity contribution in [3.8, 4) is 0 Å². The minimum absolute atomic E-state index is 0.0235. The zero-order chi connectivity index (χ0) is 12.8. The van der Waals surface area contributed by atoms with E-state index in [-0.39, 0.29) is 11.9 Å². The summed E-state index contributed by atoms with van der Waals surface area (Å²) >= 11 is 0. The summed E-state index contributed by atoms with van der Waals surface area (Å²) in [4.78, 5) is 14.2. The van der Waals surface area contributed by atoms with Gasteiger partial charge >= 0.3 is 0 Å². The SMILES string of the molecule is CC(c1ccccc1)N1CC(=NO)C2(CC2)C1=O. The zero-order valence-electron chi connectivity index (χ0n) is 10.3. The van der Waals surface area contributed by atoms with E-state index in [9.17, 15) is 4.79 Å². The molecule has 4 nitrogen and oxygen atoms in total. The van der Waals surface area contributed by atoms with Crippen LogP contribution in [0.4, 0.5) is 0 Å².